The lowest BCUT2D eigenvalue weighted by atomic mass is 10.2. The summed E-state index contributed by atoms with van der Waals surface area (Å²) in [4.78, 5) is 30.5. The quantitative estimate of drug-likeness (QED) is 0.778. The van der Waals surface area contributed by atoms with Crippen molar-refractivity contribution < 1.29 is 4.79 Å². The number of aromatic nitrogens is 2. The van der Waals surface area contributed by atoms with Crippen molar-refractivity contribution in [3.63, 3.8) is 0 Å². The van der Waals surface area contributed by atoms with Crippen LogP contribution in [0.4, 0.5) is 5.95 Å². The van der Waals surface area contributed by atoms with Gasteiger partial charge in [0, 0.05) is 26.2 Å². The summed E-state index contributed by atoms with van der Waals surface area (Å²) in [6.45, 7) is 2.96. The fraction of sp³-hybridized carbons (Fsp3) is 0.357. The molecule has 0 unspecified atom stereocenters. The molecule has 1 fully saturated rings. The Morgan fingerprint density at radius 3 is 2.71 bits per heavy atom. The van der Waals surface area contributed by atoms with Crippen LogP contribution in [0.5, 0.6) is 0 Å². The minimum absolute atomic E-state index is 0.157. The summed E-state index contributed by atoms with van der Waals surface area (Å²) < 4.78 is 1.37. The van der Waals surface area contributed by atoms with E-state index in [4.69, 9.17) is 5.73 Å². The van der Waals surface area contributed by atoms with Crippen molar-refractivity contribution in [1.82, 2.24) is 14.9 Å². The van der Waals surface area contributed by atoms with Crippen LogP contribution in [-0.4, -0.2) is 41.6 Å². The van der Waals surface area contributed by atoms with Crippen molar-refractivity contribution in [3.8, 4) is 0 Å². The van der Waals surface area contributed by atoms with Crippen LogP contribution >= 0.6 is 0 Å². The molecule has 0 saturated carbocycles. The molecule has 21 heavy (non-hydrogen) atoms. The molecule has 1 aromatic carbocycles. The number of nitrogens with one attached hydrogen (secondary N) is 1. The molecule has 0 aliphatic carbocycles. The van der Waals surface area contributed by atoms with E-state index in [1.54, 1.807) is 18.2 Å². The lowest BCUT2D eigenvalue weighted by molar-refractivity contribution is -0.118. The standard InChI is InChI=1S/C14H17N5O2/c15-12(20)9-19-13(21)10-3-1-2-4-11(10)17-14(19)18-7-5-16-6-8-18/h1-4,16H,5-9H2,(H2,15,20). The van der Waals surface area contributed by atoms with E-state index in [-0.39, 0.29) is 12.1 Å². The van der Waals surface area contributed by atoms with Gasteiger partial charge in [-0.3, -0.25) is 14.2 Å². The van der Waals surface area contributed by atoms with Crippen molar-refractivity contribution >= 4 is 22.8 Å². The molecule has 1 aromatic heterocycles. The van der Waals surface area contributed by atoms with Gasteiger partial charge in [0.1, 0.15) is 6.54 Å². The molecule has 3 rings (SSSR count). The van der Waals surface area contributed by atoms with Crippen LogP contribution in [0.1, 0.15) is 0 Å². The largest absolute Gasteiger partial charge is 0.368 e. The van der Waals surface area contributed by atoms with Crippen LogP contribution in [0, 0.1) is 0 Å². The third kappa shape index (κ3) is 2.59. The van der Waals surface area contributed by atoms with E-state index in [1.807, 2.05) is 11.0 Å². The Labute approximate surface area is 121 Å². The van der Waals surface area contributed by atoms with E-state index >= 15 is 0 Å². The van der Waals surface area contributed by atoms with Crippen LogP contribution in [0.3, 0.4) is 0 Å². The highest BCUT2D eigenvalue weighted by Crippen LogP contribution is 2.15. The molecule has 110 valence electrons. The summed E-state index contributed by atoms with van der Waals surface area (Å²) in [5, 5.41) is 3.75. The van der Waals surface area contributed by atoms with Gasteiger partial charge in [0.25, 0.3) is 5.56 Å². The SMILES string of the molecule is NC(=O)Cn1c(N2CCNCC2)nc2ccccc2c1=O. The van der Waals surface area contributed by atoms with Crippen LogP contribution in [0.2, 0.25) is 0 Å². The number of primary amides is 1. The van der Waals surface area contributed by atoms with Crippen molar-refractivity contribution in [3.05, 3.63) is 34.6 Å². The zero-order valence-corrected chi connectivity index (χ0v) is 11.6. The molecule has 7 nitrogen and oxygen atoms in total. The van der Waals surface area contributed by atoms with Gasteiger partial charge in [-0.15, -0.1) is 0 Å². The minimum atomic E-state index is -0.550. The van der Waals surface area contributed by atoms with Crippen LogP contribution in [0.15, 0.2) is 29.1 Å². The number of rotatable bonds is 3. The van der Waals surface area contributed by atoms with Gasteiger partial charge in [-0.1, -0.05) is 12.1 Å². The molecule has 0 bridgehead atoms. The third-order valence-corrected chi connectivity index (χ3v) is 3.56. The second-order valence-corrected chi connectivity index (χ2v) is 5.02. The summed E-state index contributed by atoms with van der Waals surface area (Å²) in [7, 11) is 0. The zero-order chi connectivity index (χ0) is 14.8. The fourth-order valence-corrected chi connectivity index (χ4v) is 2.56. The predicted octanol–water partition coefficient (Wildman–Crippen LogP) is -0.709. The minimum Gasteiger partial charge on any atom is -0.368 e. The fourth-order valence-electron chi connectivity index (χ4n) is 2.56. The van der Waals surface area contributed by atoms with E-state index in [0.29, 0.717) is 16.9 Å². The Kier molecular flexibility index (Phi) is 3.57. The summed E-state index contributed by atoms with van der Waals surface area (Å²) in [5.74, 6) is -0.0374. The van der Waals surface area contributed by atoms with E-state index in [0.717, 1.165) is 26.2 Å². The highest BCUT2D eigenvalue weighted by Gasteiger charge is 2.19. The van der Waals surface area contributed by atoms with Crippen LogP contribution in [0.25, 0.3) is 10.9 Å². The number of nitrogens with two attached hydrogens (primary N) is 1. The van der Waals surface area contributed by atoms with Gasteiger partial charge in [-0.25, -0.2) is 4.98 Å². The molecule has 1 amide bonds. The number of hydrogen-bond donors (Lipinski definition) is 2. The average molecular weight is 287 g/mol. The molecule has 2 aromatic rings. The van der Waals surface area contributed by atoms with Gasteiger partial charge in [0.2, 0.25) is 11.9 Å². The molecule has 0 spiro atoms. The monoisotopic (exact) mass is 287 g/mol. The summed E-state index contributed by atoms with van der Waals surface area (Å²) in [6, 6.07) is 7.14. The number of fused-ring (bicyclic) bond motifs is 1. The first-order chi connectivity index (χ1) is 10.2. The molecule has 1 aliphatic heterocycles. The summed E-state index contributed by atoms with van der Waals surface area (Å²) >= 11 is 0. The normalized spacial score (nSPS) is 15.3. The topological polar surface area (TPSA) is 93.2 Å². The van der Waals surface area contributed by atoms with Crippen molar-refractivity contribution in [1.29, 1.82) is 0 Å². The molecular weight excluding hydrogens is 270 g/mol. The Morgan fingerprint density at radius 2 is 2.00 bits per heavy atom. The number of hydrogen-bond acceptors (Lipinski definition) is 5. The summed E-state index contributed by atoms with van der Waals surface area (Å²) in [6.07, 6.45) is 0. The molecule has 0 atom stereocenters. The molecule has 3 N–H and O–H groups in total. The first-order valence-corrected chi connectivity index (χ1v) is 6.90. The van der Waals surface area contributed by atoms with E-state index in [1.165, 1.54) is 4.57 Å². The Balaban J connectivity index is 2.19. The number of benzene rings is 1. The Bertz CT molecular complexity index is 734. The van der Waals surface area contributed by atoms with Crippen molar-refractivity contribution in [2.75, 3.05) is 31.1 Å². The predicted molar refractivity (Wildman–Crippen MR) is 80.3 cm³/mol. The highest BCUT2D eigenvalue weighted by atomic mass is 16.2. The molecule has 1 saturated heterocycles. The van der Waals surface area contributed by atoms with Gasteiger partial charge in [-0.05, 0) is 12.1 Å². The molecule has 7 heteroatoms. The van der Waals surface area contributed by atoms with Gasteiger partial charge >= 0.3 is 0 Å². The van der Waals surface area contributed by atoms with E-state index < -0.39 is 5.91 Å². The number of anilines is 1. The molecule has 1 aliphatic rings. The van der Waals surface area contributed by atoms with E-state index in [9.17, 15) is 9.59 Å². The Morgan fingerprint density at radius 1 is 1.29 bits per heavy atom. The Hall–Kier alpha value is -2.41. The van der Waals surface area contributed by atoms with Gasteiger partial charge in [0.15, 0.2) is 0 Å². The third-order valence-electron chi connectivity index (χ3n) is 3.56. The molecular formula is C14H17N5O2. The lowest BCUT2D eigenvalue weighted by Crippen LogP contribution is -2.46. The second-order valence-electron chi connectivity index (χ2n) is 5.02. The number of piperazine rings is 1. The van der Waals surface area contributed by atoms with Crippen LogP contribution in [-0.2, 0) is 11.3 Å². The van der Waals surface area contributed by atoms with Crippen molar-refractivity contribution in [2.24, 2.45) is 5.73 Å². The highest BCUT2D eigenvalue weighted by molar-refractivity contribution is 5.80. The maximum Gasteiger partial charge on any atom is 0.263 e. The maximum atomic E-state index is 12.6. The van der Waals surface area contributed by atoms with Crippen LogP contribution < -0.4 is 21.5 Å². The zero-order valence-electron chi connectivity index (χ0n) is 11.6. The van der Waals surface area contributed by atoms with E-state index in [2.05, 4.69) is 10.3 Å². The van der Waals surface area contributed by atoms with Gasteiger partial charge in [-0.2, -0.15) is 0 Å². The molecule has 2 heterocycles. The second kappa shape index (κ2) is 5.53. The first-order valence-electron chi connectivity index (χ1n) is 6.90. The number of amides is 1. The number of para-hydroxylation sites is 1. The smallest absolute Gasteiger partial charge is 0.263 e. The number of nitrogens with zero attached hydrogens (tertiary/aromatic N) is 3. The summed E-state index contributed by atoms with van der Waals surface area (Å²) in [5.41, 5.74) is 5.69. The van der Waals surface area contributed by atoms with Gasteiger partial charge in [0.05, 0.1) is 10.9 Å². The van der Waals surface area contributed by atoms with Gasteiger partial charge < -0.3 is 16.0 Å². The number of carbonyl (C=O) groups excluding carboxylic acids is 1. The average Bonchev–Trinajstić information content (AvgIpc) is 2.50. The molecule has 0 radical (unpaired) electrons. The van der Waals surface area contributed by atoms with Crippen molar-refractivity contribution in [2.45, 2.75) is 6.54 Å². The first kappa shape index (κ1) is 13.6. The number of carbonyl (C=O) groups is 1. The maximum absolute atomic E-state index is 12.6. The lowest BCUT2D eigenvalue weighted by Gasteiger charge is -2.30.